The van der Waals surface area contributed by atoms with Crippen molar-refractivity contribution in [2.24, 2.45) is 0 Å². The number of carbonyl (C=O) groups is 2. The second kappa shape index (κ2) is 4.14. The normalized spacial score (nSPS) is 21.1. The van der Waals surface area contributed by atoms with Crippen LogP contribution in [0.2, 0.25) is 4.82 Å². The van der Waals surface area contributed by atoms with Crippen LogP contribution in [0.25, 0.3) is 0 Å². The van der Waals surface area contributed by atoms with E-state index in [1.54, 1.807) is 24.3 Å². The second-order valence-corrected chi connectivity index (χ2v) is 4.84. The quantitative estimate of drug-likeness (QED) is 0.623. The van der Waals surface area contributed by atoms with E-state index in [4.69, 9.17) is 4.19 Å². The molecule has 1 aliphatic rings. The van der Waals surface area contributed by atoms with Gasteiger partial charge in [0.1, 0.15) is 0 Å². The molecule has 5 heteroatoms. The van der Waals surface area contributed by atoms with E-state index in [0.717, 1.165) is 4.90 Å². The van der Waals surface area contributed by atoms with Crippen molar-refractivity contribution < 1.29 is 13.8 Å². The van der Waals surface area contributed by atoms with E-state index in [1.807, 2.05) is 6.07 Å². The van der Waals surface area contributed by atoms with Crippen molar-refractivity contribution >= 4 is 32.8 Å². The van der Waals surface area contributed by atoms with E-state index < -0.39 is 20.1 Å². The molecule has 0 aromatic heterocycles. The van der Waals surface area contributed by atoms with Gasteiger partial charge in [0, 0.05) is 0 Å². The number of benzene rings is 1. The maximum atomic E-state index is 11.7. The average Bonchev–Trinajstić information content (AvgIpc) is 2.55. The van der Waals surface area contributed by atoms with Crippen LogP contribution in [0.15, 0.2) is 30.3 Å². The molecular weight excluding hydrogens is 261 g/mol. The van der Waals surface area contributed by atoms with E-state index in [0.29, 0.717) is 5.69 Å². The van der Waals surface area contributed by atoms with Crippen molar-refractivity contribution in [3.63, 3.8) is 0 Å². The maximum absolute atomic E-state index is 11.7. The third-order valence-electron chi connectivity index (χ3n) is 2.25. The van der Waals surface area contributed by atoms with Gasteiger partial charge in [0.2, 0.25) is 0 Å². The Balaban J connectivity index is 2.31. The van der Waals surface area contributed by atoms with E-state index >= 15 is 0 Å². The zero-order valence-electron chi connectivity index (χ0n) is 7.79. The molecule has 1 N–H and O–H groups in total. The zero-order valence-corrected chi connectivity index (χ0v) is 9.50. The molecule has 1 aromatic rings. The van der Waals surface area contributed by atoms with Crippen LogP contribution in [-0.4, -0.2) is 31.3 Å². The van der Waals surface area contributed by atoms with E-state index in [9.17, 15) is 9.59 Å². The van der Waals surface area contributed by atoms with Gasteiger partial charge in [0.15, 0.2) is 0 Å². The number of amides is 2. The number of imide groups is 1. The summed E-state index contributed by atoms with van der Waals surface area (Å²) in [6.07, 6.45) is 0.129. The predicted octanol–water partition coefficient (Wildman–Crippen LogP) is 0.350. The van der Waals surface area contributed by atoms with Crippen LogP contribution in [-0.2, 0) is 9.59 Å². The van der Waals surface area contributed by atoms with Crippen LogP contribution in [0.5, 0.6) is 0 Å². The molecule has 1 unspecified atom stereocenters. The van der Waals surface area contributed by atoms with Gasteiger partial charge in [-0.3, -0.25) is 0 Å². The van der Waals surface area contributed by atoms with Crippen LogP contribution >= 0.6 is 0 Å². The average molecular weight is 270 g/mol. The third kappa shape index (κ3) is 1.81. The number of nitrogens with zero attached hydrogens (tertiary/aromatic N) is 1. The Morgan fingerprint density at radius 2 is 1.93 bits per heavy atom. The summed E-state index contributed by atoms with van der Waals surface area (Å²) in [7, 11) is 0. The van der Waals surface area contributed by atoms with Gasteiger partial charge < -0.3 is 0 Å². The van der Waals surface area contributed by atoms with Gasteiger partial charge in [0.05, 0.1) is 0 Å². The Morgan fingerprint density at radius 3 is 2.47 bits per heavy atom. The molecule has 0 bridgehead atoms. The summed E-state index contributed by atoms with van der Waals surface area (Å²) in [4.78, 5) is 23.9. The molecule has 1 aliphatic heterocycles. The Bertz CT molecular complexity index is 393. The molecule has 1 saturated heterocycles. The Morgan fingerprint density at radius 1 is 1.27 bits per heavy atom. The fourth-order valence-corrected chi connectivity index (χ4v) is 2.40. The summed E-state index contributed by atoms with van der Waals surface area (Å²) >= 11 is -0.795. The van der Waals surface area contributed by atoms with Crippen LogP contribution in [0.3, 0.4) is 0 Å². The predicted molar refractivity (Wildman–Crippen MR) is 55.3 cm³/mol. The van der Waals surface area contributed by atoms with Crippen molar-refractivity contribution in [3.8, 4) is 0 Å². The number of anilines is 1. The SMILES string of the molecule is O=C1CC([Se]O)C(=O)N1c1ccccc1. The van der Waals surface area contributed by atoms with Crippen molar-refractivity contribution in [1.82, 2.24) is 0 Å². The summed E-state index contributed by atoms with van der Waals surface area (Å²) in [5.41, 5.74) is 0.583. The Kier molecular flexibility index (Phi) is 2.86. The van der Waals surface area contributed by atoms with Crippen LogP contribution in [0, 0.1) is 0 Å². The molecule has 1 atom stereocenters. The topological polar surface area (TPSA) is 57.6 Å². The molecule has 0 saturated carbocycles. The number of hydrogen-bond donors (Lipinski definition) is 1. The molecule has 4 nitrogen and oxygen atoms in total. The van der Waals surface area contributed by atoms with Gasteiger partial charge >= 0.3 is 93.0 Å². The Hall–Kier alpha value is -1.16. The van der Waals surface area contributed by atoms with Gasteiger partial charge in [-0.15, -0.1) is 0 Å². The minimum absolute atomic E-state index is 0.129. The molecule has 2 amide bonds. The fraction of sp³-hybridized carbons (Fsp3) is 0.200. The summed E-state index contributed by atoms with van der Waals surface area (Å²) in [6.45, 7) is 0. The standard InChI is InChI=1S/C10H9NO3Se/c12-9-6-8(15-14)10(13)11(9)7-4-2-1-3-5-7/h1-5,8,14H,6H2. The first-order valence-corrected chi connectivity index (χ1v) is 6.21. The molecule has 1 aromatic carbocycles. The molecule has 1 heterocycles. The third-order valence-corrected chi connectivity index (χ3v) is 3.55. The Labute approximate surface area is 93.4 Å². The monoisotopic (exact) mass is 271 g/mol. The summed E-state index contributed by atoms with van der Waals surface area (Å²) in [5, 5.41) is 0. The fourth-order valence-electron chi connectivity index (χ4n) is 1.53. The number of para-hydroxylation sites is 1. The van der Waals surface area contributed by atoms with Crippen LogP contribution in [0.4, 0.5) is 5.69 Å². The summed E-state index contributed by atoms with van der Waals surface area (Å²) in [6, 6.07) is 8.79. The van der Waals surface area contributed by atoms with Gasteiger partial charge in [-0.2, -0.15) is 0 Å². The van der Waals surface area contributed by atoms with E-state index in [2.05, 4.69) is 0 Å². The van der Waals surface area contributed by atoms with Gasteiger partial charge in [0.25, 0.3) is 0 Å². The van der Waals surface area contributed by atoms with E-state index in [1.165, 1.54) is 0 Å². The molecule has 15 heavy (non-hydrogen) atoms. The zero-order chi connectivity index (χ0) is 10.8. The summed E-state index contributed by atoms with van der Waals surface area (Å²) < 4.78 is 8.98. The van der Waals surface area contributed by atoms with Crippen LogP contribution < -0.4 is 4.90 Å². The molecule has 2 rings (SSSR count). The second-order valence-electron chi connectivity index (χ2n) is 3.20. The van der Waals surface area contributed by atoms with Gasteiger partial charge in [-0.25, -0.2) is 0 Å². The van der Waals surface area contributed by atoms with E-state index in [-0.39, 0.29) is 18.2 Å². The minimum atomic E-state index is -0.795. The number of carbonyl (C=O) groups excluding carboxylic acids is 2. The van der Waals surface area contributed by atoms with Crippen molar-refractivity contribution in [3.05, 3.63) is 30.3 Å². The van der Waals surface area contributed by atoms with Gasteiger partial charge in [-0.05, 0) is 0 Å². The van der Waals surface area contributed by atoms with Gasteiger partial charge in [-0.1, -0.05) is 0 Å². The first-order valence-electron chi connectivity index (χ1n) is 4.46. The summed E-state index contributed by atoms with van der Waals surface area (Å²) in [5.74, 6) is -0.513. The van der Waals surface area contributed by atoms with Crippen molar-refractivity contribution in [1.29, 1.82) is 0 Å². The molecule has 78 valence electrons. The van der Waals surface area contributed by atoms with Crippen LogP contribution in [0.1, 0.15) is 6.42 Å². The first kappa shape index (κ1) is 10.4. The number of hydrogen-bond acceptors (Lipinski definition) is 3. The molecule has 0 aliphatic carbocycles. The molecular formula is C10H9NO3Se. The molecule has 1 fully saturated rings. The van der Waals surface area contributed by atoms with Crippen molar-refractivity contribution in [2.75, 3.05) is 4.90 Å². The molecule has 0 spiro atoms. The first-order chi connectivity index (χ1) is 7.24. The molecule has 0 radical (unpaired) electrons. The van der Waals surface area contributed by atoms with Crippen molar-refractivity contribution in [2.45, 2.75) is 11.2 Å². The number of rotatable bonds is 2.